The number of carbonyl (C=O) groups is 2. The van der Waals surface area contributed by atoms with Crippen molar-refractivity contribution in [3.8, 4) is 0 Å². The molecule has 0 saturated heterocycles. The number of aliphatic hydroxyl groups excluding tert-OH is 1. The van der Waals surface area contributed by atoms with Crippen molar-refractivity contribution in [1.29, 1.82) is 0 Å². The van der Waals surface area contributed by atoms with Crippen LogP contribution in [-0.2, 0) is 25.5 Å². The highest BCUT2D eigenvalue weighted by Crippen LogP contribution is 2.39. The molecule has 1 unspecified atom stereocenters. The molecule has 5 nitrogen and oxygen atoms in total. The summed E-state index contributed by atoms with van der Waals surface area (Å²) in [5.74, 6) is 1.19. The molecule has 1 aliphatic rings. The van der Waals surface area contributed by atoms with Crippen molar-refractivity contribution >= 4 is 12.3 Å². The van der Waals surface area contributed by atoms with Gasteiger partial charge in [-0.25, -0.2) is 4.79 Å². The van der Waals surface area contributed by atoms with Crippen LogP contribution in [0.1, 0.15) is 63.0 Å². The van der Waals surface area contributed by atoms with E-state index in [1.807, 2.05) is 0 Å². The second-order valence-electron chi connectivity index (χ2n) is 8.63. The van der Waals surface area contributed by atoms with Gasteiger partial charge in [-0.15, -0.1) is 0 Å². The molecule has 2 rings (SSSR count). The molecule has 0 radical (unpaired) electrons. The Bertz CT molecular complexity index is 714. The summed E-state index contributed by atoms with van der Waals surface area (Å²) in [6.07, 6.45) is 7.62. The van der Waals surface area contributed by atoms with E-state index >= 15 is 0 Å². The Kier molecular flexibility index (Phi) is 13.5. The van der Waals surface area contributed by atoms with E-state index < -0.39 is 0 Å². The monoisotopic (exact) mass is 444 g/mol. The van der Waals surface area contributed by atoms with Crippen molar-refractivity contribution in [2.75, 3.05) is 26.9 Å². The topological polar surface area (TPSA) is 72.8 Å². The Balaban J connectivity index is 0.000000751. The number of hydrogen-bond acceptors (Lipinski definition) is 5. The summed E-state index contributed by atoms with van der Waals surface area (Å²) >= 11 is 0. The van der Waals surface area contributed by atoms with E-state index in [-0.39, 0.29) is 24.1 Å². The van der Waals surface area contributed by atoms with Crippen molar-refractivity contribution in [3.05, 3.63) is 59.7 Å². The molecule has 5 heteroatoms. The fourth-order valence-electron chi connectivity index (χ4n) is 4.05. The third-order valence-corrected chi connectivity index (χ3v) is 5.96. The number of aryl methyl sites for hydroxylation is 1. The summed E-state index contributed by atoms with van der Waals surface area (Å²) in [6.45, 7) is 11.6. The number of ether oxygens (including phenoxy) is 2. The number of carbonyl (C=O) groups excluding carboxylic acids is 2. The highest BCUT2D eigenvalue weighted by molar-refractivity contribution is 5.86. The number of aliphatic hydroxyl groups is 1. The molecular weight excluding hydrogens is 404 g/mol. The fourth-order valence-corrected chi connectivity index (χ4v) is 4.05. The Morgan fingerprint density at radius 3 is 2.22 bits per heavy atom. The van der Waals surface area contributed by atoms with Crippen molar-refractivity contribution in [1.82, 2.24) is 0 Å². The number of aldehydes is 1. The van der Waals surface area contributed by atoms with Gasteiger partial charge in [-0.3, -0.25) is 4.79 Å². The fraction of sp³-hybridized carbons (Fsp3) is 0.556. The molecule has 1 aromatic carbocycles. The largest absolute Gasteiger partial charge is 0.462 e. The number of esters is 1. The standard InChI is InChI=1S/C23H34O3.C4H6O2/c1-5-6-18-7-9-19(10-8-18)20-11-13-21(14-12-20)22(15-25-4)16-26-23(24)17(2)3;1-4(2-5)3-6/h7-10,20-22H,2,5-6,11-16H2,1,3-4H3;2,6H,1,3H2. The highest BCUT2D eigenvalue weighted by Gasteiger charge is 2.29. The lowest BCUT2D eigenvalue weighted by Crippen LogP contribution is -2.29. The molecule has 0 aliphatic heterocycles. The molecule has 0 aromatic heterocycles. The molecule has 0 bridgehead atoms. The minimum absolute atomic E-state index is 0.218. The Morgan fingerprint density at radius 1 is 1.16 bits per heavy atom. The van der Waals surface area contributed by atoms with E-state index in [1.54, 1.807) is 14.0 Å². The minimum Gasteiger partial charge on any atom is -0.462 e. The van der Waals surface area contributed by atoms with E-state index in [1.165, 1.54) is 43.2 Å². The molecule has 1 fully saturated rings. The quantitative estimate of drug-likeness (QED) is 0.294. The molecule has 1 N–H and O–H groups in total. The van der Waals surface area contributed by atoms with E-state index in [0.29, 0.717) is 36.9 Å². The van der Waals surface area contributed by atoms with Gasteiger partial charge in [0.15, 0.2) is 0 Å². The molecule has 1 aliphatic carbocycles. The first-order valence-electron chi connectivity index (χ1n) is 11.5. The molecule has 0 heterocycles. The number of benzene rings is 1. The second-order valence-corrected chi connectivity index (χ2v) is 8.63. The molecular formula is C27H40O5. The van der Waals surface area contributed by atoms with Crippen molar-refractivity contribution in [2.45, 2.75) is 58.3 Å². The summed E-state index contributed by atoms with van der Waals surface area (Å²) in [5, 5.41) is 8.00. The van der Waals surface area contributed by atoms with Crippen molar-refractivity contribution in [3.63, 3.8) is 0 Å². The van der Waals surface area contributed by atoms with Gasteiger partial charge in [0.2, 0.25) is 0 Å². The average molecular weight is 445 g/mol. The Hall–Kier alpha value is -2.24. The molecule has 178 valence electrons. The molecule has 1 saturated carbocycles. The zero-order valence-electron chi connectivity index (χ0n) is 20.0. The van der Waals surface area contributed by atoms with Crippen LogP contribution in [-0.4, -0.2) is 44.3 Å². The lowest BCUT2D eigenvalue weighted by molar-refractivity contribution is -0.141. The van der Waals surface area contributed by atoms with Gasteiger partial charge in [0.25, 0.3) is 0 Å². The van der Waals surface area contributed by atoms with Crippen LogP contribution in [0.15, 0.2) is 48.6 Å². The van der Waals surface area contributed by atoms with Crippen molar-refractivity contribution in [2.24, 2.45) is 11.8 Å². The summed E-state index contributed by atoms with van der Waals surface area (Å²) < 4.78 is 10.8. The summed E-state index contributed by atoms with van der Waals surface area (Å²) in [4.78, 5) is 21.2. The van der Waals surface area contributed by atoms with Crippen LogP contribution < -0.4 is 0 Å². The Morgan fingerprint density at radius 2 is 1.78 bits per heavy atom. The minimum atomic E-state index is -0.299. The average Bonchev–Trinajstić information content (AvgIpc) is 2.82. The van der Waals surface area contributed by atoms with E-state index in [4.69, 9.17) is 14.6 Å². The first-order valence-corrected chi connectivity index (χ1v) is 11.5. The van der Waals surface area contributed by atoms with Gasteiger partial charge < -0.3 is 14.6 Å². The highest BCUT2D eigenvalue weighted by atomic mass is 16.5. The maximum Gasteiger partial charge on any atom is 0.333 e. The first kappa shape index (κ1) is 27.8. The molecule has 0 amide bonds. The molecule has 0 spiro atoms. The zero-order chi connectivity index (χ0) is 23.9. The Labute approximate surface area is 193 Å². The third-order valence-electron chi connectivity index (χ3n) is 5.96. The SMILES string of the molecule is C=C(C)C(=O)OCC(COC)C1CCC(c2ccc(CCC)cc2)CC1.C=C(C=O)CO. The predicted molar refractivity (Wildman–Crippen MR) is 129 cm³/mol. The van der Waals surface area contributed by atoms with Gasteiger partial charge in [-0.05, 0) is 62.0 Å². The van der Waals surface area contributed by atoms with Gasteiger partial charge in [-0.1, -0.05) is 50.8 Å². The van der Waals surface area contributed by atoms with Crippen LogP contribution in [0, 0.1) is 11.8 Å². The van der Waals surface area contributed by atoms with Gasteiger partial charge in [0.1, 0.15) is 6.29 Å². The van der Waals surface area contributed by atoms with E-state index in [9.17, 15) is 9.59 Å². The summed E-state index contributed by atoms with van der Waals surface area (Å²) in [5.41, 5.74) is 3.58. The lowest BCUT2D eigenvalue weighted by Gasteiger charge is -2.33. The first-order chi connectivity index (χ1) is 15.4. The van der Waals surface area contributed by atoms with Gasteiger partial charge in [0, 0.05) is 24.2 Å². The maximum absolute atomic E-state index is 11.7. The van der Waals surface area contributed by atoms with Crippen LogP contribution in [0.2, 0.25) is 0 Å². The van der Waals surface area contributed by atoms with Crippen LogP contribution in [0.3, 0.4) is 0 Å². The maximum atomic E-state index is 11.7. The lowest BCUT2D eigenvalue weighted by atomic mass is 9.74. The van der Waals surface area contributed by atoms with Gasteiger partial charge >= 0.3 is 5.97 Å². The third kappa shape index (κ3) is 9.92. The number of rotatable bonds is 11. The van der Waals surface area contributed by atoms with Crippen molar-refractivity contribution < 1.29 is 24.2 Å². The van der Waals surface area contributed by atoms with Crippen LogP contribution >= 0.6 is 0 Å². The van der Waals surface area contributed by atoms with E-state index in [2.05, 4.69) is 44.3 Å². The van der Waals surface area contributed by atoms with Crippen LogP contribution in [0.4, 0.5) is 0 Å². The van der Waals surface area contributed by atoms with Crippen LogP contribution in [0.25, 0.3) is 0 Å². The smallest absolute Gasteiger partial charge is 0.333 e. The van der Waals surface area contributed by atoms with E-state index in [0.717, 1.165) is 6.42 Å². The summed E-state index contributed by atoms with van der Waals surface area (Å²) in [7, 11) is 1.72. The van der Waals surface area contributed by atoms with Crippen LogP contribution in [0.5, 0.6) is 0 Å². The molecule has 32 heavy (non-hydrogen) atoms. The van der Waals surface area contributed by atoms with Gasteiger partial charge in [0.05, 0.1) is 19.8 Å². The summed E-state index contributed by atoms with van der Waals surface area (Å²) in [6, 6.07) is 9.21. The normalized spacial score (nSPS) is 18.6. The number of methoxy groups -OCH3 is 1. The molecule has 1 aromatic rings. The second kappa shape index (κ2) is 15.5. The van der Waals surface area contributed by atoms with Gasteiger partial charge in [-0.2, -0.15) is 0 Å². The number of hydrogen-bond donors (Lipinski definition) is 1. The zero-order valence-corrected chi connectivity index (χ0v) is 20.0. The molecule has 1 atom stereocenters. The predicted octanol–water partition coefficient (Wildman–Crippen LogP) is 5.03.